The first-order valence-corrected chi connectivity index (χ1v) is 6.52. The van der Waals surface area contributed by atoms with E-state index in [9.17, 15) is 0 Å². The highest BCUT2D eigenvalue weighted by molar-refractivity contribution is 6.35. The maximum absolute atomic E-state index is 6.15. The van der Waals surface area contributed by atoms with Gasteiger partial charge in [0, 0.05) is 29.9 Å². The summed E-state index contributed by atoms with van der Waals surface area (Å²) in [5.41, 5.74) is 2.90. The Morgan fingerprint density at radius 2 is 2.00 bits per heavy atom. The van der Waals surface area contributed by atoms with Gasteiger partial charge in [-0.2, -0.15) is 0 Å². The quantitative estimate of drug-likeness (QED) is 0.901. The monoisotopic (exact) mass is 280 g/mol. The highest BCUT2D eigenvalue weighted by Gasteiger charge is 2.04. The van der Waals surface area contributed by atoms with Crippen molar-refractivity contribution in [1.29, 1.82) is 0 Å². The van der Waals surface area contributed by atoms with Gasteiger partial charge in [-0.3, -0.25) is 4.98 Å². The number of nitrogens with one attached hydrogen (secondary N) is 1. The second kappa shape index (κ2) is 6.07. The summed E-state index contributed by atoms with van der Waals surface area (Å²) in [7, 11) is 0. The van der Waals surface area contributed by atoms with Crippen LogP contribution in [0.3, 0.4) is 0 Å². The van der Waals surface area contributed by atoms with E-state index in [1.54, 1.807) is 6.20 Å². The summed E-state index contributed by atoms with van der Waals surface area (Å²) in [6, 6.07) is 9.63. The summed E-state index contributed by atoms with van der Waals surface area (Å²) >= 11 is 12.2. The predicted octanol–water partition coefficient (Wildman–Crippen LogP) is 4.35. The van der Waals surface area contributed by atoms with Crippen LogP contribution in [-0.2, 0) is 6.42 Å². The molecule has 2 nitrogen and oxygen atoms in total. The summed E-state index contributed by atoms with van der Waals surface area (Å²) in [5, 5.41) is 4.69. The summed E-state index contributed by atoms with van der Waals surface area (Å²) in [6.07, 6.45) is 2.65. The SMILES string of the molecule is Cc1cc(Cl)c(NCCc2ccccn2)cc1Cl. The lowest BCUT2D eigenvalue weighted by atomic mass is 10.2. The molecule has 0 saturated carbocycles. The maximum atomic E-state index is 6.15. The van der Waals surface area contributed by atoms with Crippen molar-refractivity contribution in [3.8, 4) is 0 Å². The van der Waals surface area contributed by atoms with Gasteiger partial charge in [-0.1, -0.05) is 29.3 Å². The van der Waals surface area contributed by atoms with Gasteiger partial charge in [-0.15, -0.1) is 0 Å². The number of benzene rings is 1. The summed E-state index contributed by atoms with van der Waals surface area (Å²) in [4.78, 5) is 4.26. The van der Waals surface area contributed by atoms with Crippen molar-refractivity contribution in [3.63, 3.8) is 0 Å². The fourth-order valence-electron chi connectivity index (χ4n) is 1.65. The van der Waals surface area contributed by atoms with Crippen LogP contribution in [0.2, 0.25) is 10.0 Å². The fraction of sp³-hybridized carbons (Fsp3) is 0.214. The third kappa shape index (κ3) is 3.37. The maximum Gasteiger partial charge on any atom is 0.0641 e. The lowest BCUT2D eigenvalue weighted by Gasteiger charge is -2.10. The van der Waals surface area contributed by atoms with E-state index in [1.807, 2.05) is 37.3 Å². The molecule has 0 aliphatic carbocycles. The van der Waals surface area contributed by atoms with Crippen LogP contribution >= 0.6 is 23.2 Å². The molecule has 0 radical (unpaired) electrons. The predicted molar refractivity (Wildman–Crippen MR) is 77.6 cm³/mol. The zero-order valence-electron chi connectivity index (χ0n) is 10.1. The van der Waals surface area contributed by atoms with Gasteiger partial charge in [0.15, 0.2) is 0 Å². The molecule has 1 N–H and O–H groups in total. The smallest absolute Gasteiger partial charge is 0.0641 e. The van der Waals surface area contributed by atoms with Gasteiger partial charge in [-0.25, -0.2) is 0 Å². The van der Waals surface area contributed by atoms with E-state index in [0.717, 1.165) is 34.9 Å². The molecule has 0 atom stereocenters. The summed E-state index contributed by atoms with van der Waals surface area (Å²) < 4.78 is 0. The van der Waals surface area contributed by atoms with Crippen molar-refractivity contribution >= 4 is 28.9 Å². The van der Waals surface area contributed by atoms with Crippen molar-refractivity contribution in [2.45, 2.75) is 13.3 Å². The minimum absolute atomic E-state index is 0.693. The van der Waals surface area contributed by atoms with Crippen LogP contribution < -0.4 is 5.32 Å². The molecule has 0 aliphatic rings. The molecule has 0 spiro atoms. The third-order valence-corrected chi connectivity index (χ3v) is 3.39. The fourth-order valence-corrected chi connectivity index (χ4v) is 2.10. The molecular formula is C14H14Cl2N2. The molecule has 94 valence electrons. The first kappa shape index (κ1) is 13.2. The van der Waals surface area contributed by atoms with Crippen molar-refractivity contribution < 1.29 is 0 Å². The van der Waals surface area contributed by atoms with Crippen LogP contribution in [0.25, 0.3) is 0 Å². The highest BCUT2D eigenvalue weighted by Crippen LogP contribution is 2.28. The number of pyridine rings is 1. The average molecular weight is 281 g/mol. The lowest BCUT2D eigenvalue weighted by molar-refractivity contribution is 0.961. The molecular weight excluding hydrogens is 267 g/mol. The standard InChI is InChI=1S/C14H14Cl2N2/c1-10-8-13(16)14(9-12(10)15)18-7-5-11-4-2-3-6-17-11/h2-4,6,8-9,18H,5,7H2,1H3. The van der Waals surface area contributed by atoms with Crippen molar-refractivity contribution in [1.82, 2.24) is 4.98 Å². The minimum atomic E-state index is 0.693. The Morgan fingerprint density at radius 1 is 1.17 bits per heavy atom. The molecule has 1 aromatic carbocycles. The molecule has 2 aromatic rings. The number of aromatic nitrogens is 1. The first-order chi connectivity index (χ1) is 8.66. The van der Waals surface area contributed by atoms with E-state index in [4.69, 9.17) is 23.2 Å². The molecule has 0 saturated heterocycles. The summed E-state index contributed by atoms with van der Waals surface area (Å²) in [6.45, 7) is 2.71. The van der Waals surface area contributed by atoms with Gasteiger partial charge >= 0.3 is 0 Å². The van der Waals surface area contributed by atoms with Crippen molar-refractivity contribution in [3.05, 3.63) is 57.8 Å². The van der Waals surface area contributed by atoms with Crippen molar-refractivity contribution in [2.75, 3.05) is 11.9 Å². The highest BCUT2D eigenvalue weighted by atomic mass is 35.5. The second-order valence-electron chi connectivity index (χ2n) is 4.08. The number of halogens is 2. The van der Waals surface area contributed by atoms with E-state index in [2.05, 4.69) is 10.3 Å². The molecule has 0 fully saturated rings. The number of nitrogens with zero attached hydrogens (tertiary/aromatic N) is 1. The van der Waals surface area contributed by atoms with Crippen LogP contribution in [-0.4, -0.2) is 11.5 Å². The van der Waals surface area contributed by atoms with Crippen LogP contribution in [0.5, 0.6) is 0 Å². The molecule has 0 aliphatic heterocycles. The Balaban J connectivity index is 1.97. The Bertz CT molecular complexity index is 527. The van der Waals surface area contributed by atoms with Crippen LogP contribution in [0.4, 0.5) is 5.69 Å². The van der Waals surface area contributed by atoms with Crippen molar-refractivity contribution in [2.24, 2.45) is 0 Å². The molecule has 18 heavy (non-hydrogen) atoms. The topological polar surface area (TPSA) is 24.9 Å². The van der Waals surface area contributed by atoms with Gasteiger partial charge in [-0.05, 0) is 36.8 Å². The second-order valence-corrected chi connectivity index (χ2v) is 4.89. The Labute approximate surface area is 117 Å². The molecule has 1 aromatic heterocycles. The first-order valence-electron chi connectivity index (χ1n) is 5.76. The minimum Gasteiger partial charge on any atom is -0.383 e. The van der Waals surface area contributed by atoms with Gasteiger partial charge in [0.1, 0.15) is 0 Å². The number of rotatable bonds is 4. The zero-order valence-corrected chi connectivity index (χ0v) is 11.6. The number of aryl methyl sites for hydroxylation is 1. The van der Waals surface area contributed by atoms with Gasteiger partial charge in [0.25, 0.3) is 0 Å². The number of hydrogen-bond acceptors (Lipinski definition) is 2. The van der Waals surface area contributed by atoms with Crippen LogP contribution in [0.1, 0.15) is 11.3 Å². The average Bonchev–Trinajstić information content (AvgIpc) is 2.37. The molecule has 0 bridgehead atoms. The van der Waals surface area contributed by atoms with Gasteiger partial charge in [0.05, 0.1) is 10.7 Å². The van der Waals surface area contributed by atoms with Crippen LogP contribution in [0, 0.1) is 6.92 Å². The van der Waals surface area contributed by atoms with E-state index in [-0.39, 0.29) is 0 Å². The normalized spacial score (nSPS) is 10.4. The van der Waals surface area contributed by atoms with Gasteiger partial charge in [0.2, 0.25) is 0 Å². The zero-order chi connectivity index (χ0) is 13.0. The van der Waals surface area contributed by atoms with E-state index < -0.39 is 0 Å². The van der Waals surface area contributed by atoms with E-state index >= 15 is 0 Å². The van der Waals surface area contributed by atoms with E-state index in [0.29, 0.717) is 5.02 Å². The summed E-state index contributed by atoms with van der Waals surface area (Å²) in [5.74, 6) is 0. The molecule has 0 amide bonds. The number of hydrogen-bond donors (Lipinski definition) is 1. The Kier molecular flexibility index (Phi) is 4.45. The molecule has 0 unspecified atom stereocenters. The Morgan fingerprint density at radius 3 is 2.72 bits per heavy atom. The van der Waals surface area contributed by atoms with Crippen LogP contribution in [0.15, 0.2) is 36.5 Å². The lowest BCUT2D eigenvalue weighted by Crippen LogP contribution is -2.06. The van der Waals surface area contributed by atoms with E-state index in [1.165, 1.54) is 0 Å². The molecule has 4 heteroatoms. The largest absolute Gasteiger partial charge is 0.383 e. The molecule has 2 rings (SSSR count). The third-order valence-electron chi connectivity index (χ3n) is 2.67. The molecule has 1 heterocycles. The number of anilines is 1. The van der Waals surface area contributed by atoms with Gasteiger partial charge < -0.3 is 5.32 Å². The Hall–Kier alpha value is -1.25.